The molecule has 0 aliphatic heterocycles. The number of halogens is 2. The first-order chi connectivity index (χ1) is 8.16. The summed E-state index contributed by atoms with van der Waals surface area (Å²) in [6.07, 6.45) is 1.46. The summed E-state index contributed by atoms with van der Waals surface area (Å²) in [6.45, 7) is 0. The van der Waals surface area contributed by atoms with E-state index in [1.807, 2.05) is 0 Å². The van der Waals surface area contributed by atoms with E-state index >= 15 is 0 Å². The van der Waals surface area contributed by atoms with Crippen LogP contribution in [0.3, 0.4) is 0 Å². The molecule has 17 heavy (non-hydrogen) atoms. The van der Waals surface area contributed by atoms with E-state index < -0.39 is 0 Å². The van der Waals surface area contributed by atoms with E-state index in [0.29, 0.717) is 15.7 Å². The Morgan fingerprint density at radius 1 is 0.941 bits per heavy atom. The quantitative estimate of drug-likeness (QED) is 0.345. The first-order valence-corrected chi connectivity index (χ1v) is 5.74. The van der Waals surface area contributed by atoms with Crippen LogP contribution in [0.4, 0.5) is 5.69 Å². The van der Waals surface area contributed by atoms with E-state index in [0.717, 1.165) is 10.3 Å². The van der Waals surface area contributed by atoms with Gasteiger partial charge in [-0.15, -0.1) is 0 Å². The number of para-hydroxylation sites is 1. The van der Waals surface area contributed by atoms with Crippen LogP contribution >= 0.6 is 23.2 Å². The summed E-state index contributed by atoms with van der Waals surface area (Å²) in [5.41, 5.74) is 1.19. The molecule has 0 aliphatic carbocycles. The zero-order valence-electron chi connectivity index (χ0n) is 8.81. The van der Waals surface area contributed by atoms with Crippen molar-refractivity contribution in [3.63, 3.8) is 0 Å². The second-order valence-electron chi connectivity index (χ2n) is 3.46. The number of rotatable bonds is 2. The third kappa shape index (κ3) is 2.99. The third-order valence-corrected chi connectivity index (χ3v) is 2.80. The van der Waals surface area contributed by atoms with Crippen LogP contribution in [-0.4, -0.2) is 11.0 Å². The summed E-state index contributed by atoms with van der Waals surface area (Å²) in [4.78, 5) is 0. The molecule has 0 N–H and O–H groups in total. The van der Waals surface area contributed by atoms with Gasteiger partial charge < -0.3 is 5.21 Å². The minimum atomic E-state index is 0.420. The first kappa shape index (κ1) is 12.0. The third-order valence-electron chi connectivity index (χ3n) is 2.23. The highest BCUT2D eigenvalue weighted by atomic mass is 35.5. The molecule has 0 saturated heterocycles. The SMILES string of the molecule is [O-][N+](=Cc1ccc(Cl)cc1)c1ccccc1Cl. The van der Waals surface area contributed by atoms with Gasteiger partial charge in [-0.1, -0.05) is 35.3 Å². The maximum absolute atomic E-state index is 11.9. The van der Waals surface area contributed by atoms with Crippen molar-refractivity contribution in [1.82, 2.24) is 0 Å². The van der Waals surface area contributed by atoms with Crippen LogP contribution in [0.1, 0.15) is 5.56 Å². The molecule has 0 atom stereocenters. The zero-order chi connectivity index (χ0) is 12.3. The maximum atomic E-state index is 11.9. The Kier molecular flexibility index (Phi) is 3.67. The van der Waals surface area contributed by atoms with Crippen LogP contribution in [0.5, 0.6) is 0 Å². The maximum Gasteiger partial charge on any atom is 0.235 e. The van der Waals surface area contributed by atoms with Crippen LogP contribution in [0.2, 0.25) is 10.0 Å². The molecule has 0 heterocycles. The molecular formula is C13H9Cl2NO. The largest absolute Gasteiger partial charge is 0.618 e. The molecular weight excluding hydrogens is 257 g/mol. The van der Waals surface area contributed by atoms with E-state index in [-0.39, 0.29) is 0 Å². The van der Waals surface area contributed by atoms with Gasteiger partial charge in [0.1, 0.15) is 5.02 Å². The van der Waals surface area contributed by atoms with Crippen LogP contribution in [-0.2, 0) is 0 Å². The average Bonchev–Trinajstić information content (AvgIpc) is 2.32. The Morgan fingerprint density at radius 2 is 1.59 bits per heavy atom. The van der Waals surface area contributed by atoms with Gasteiger partial charge in [0.15, 0.2) is 6.21 Å². The molecule has 4 heteroatoms. The number of hydrogen-bond acceptors (Lipinski definition) is 1. The molecule has 2 rings (SSSR count). The monoisotopic (exact) mass is 265 g/mol. The van der Waals surface area contributed by atoms with E-state index in [9.17, 15) is 5.21 Å². The summed E-state index contributed by atoms with van der Waals surface area (Å²) in [6, 6.07) is 13.9. The van der Waals surface area contributed by atoms with E-state index in [2.05, 4.69) is 0 Å². The summed E-state index contributed by atoms with van der Waals surface area (Å²) in [5, 5.41) is 12.9. The molecule has 0 spiro atoms. The van der Waals surface area contributed by atoms with Crippen molar-refractivity contribution in [2.24, 2.45) is 0 Å². The number of hydrogen-bond donors (Lipinski definition) is 0. The molecule has 0 bridgehead atoms. The summed E-state index contributed by atoms with van der Waals surface area (Å²) >= 11 is 11.7. The Hall–Kier alpha value is -1.51. The molecule has 0 saturated carbocycles. The lowest BCUT2D eigenvalue weighted by Crippen LogP contribution is -1.99. The van der Waals surface area contributed by atoms with Crippen molar-refractivity contribution >= 4 is 35.1 Å². The van der Waals surface area contributed by atoms with Gasteiger partial charge >= 0.3 is 0 Å². The second kappa shape index (κ2) is 5.21. The Morgan fingerprint density at radius 3 is 2.24 bits per heavy atom. The molecule has 86 valence electrons. The van der Waals surface area contributed by atoms with Crippen molar-refractivity contribution in [1.29, 1.82) is 0 Å². The zero-order valence-corrected chi connectivity index (χ0v) is 10.3. The lowest BCUT2D eigenvalue weighted by Gasteiger charge is -2.04. The summed E-state index contributed by atoms with van der Waals surface area (Å²) in [5.74, 6) is 0. The fourth-order valence-electron chi connectivity index (χ4n) is 1.38. The van der Waals surface area contributed by atoms with Crippen molar-refractivity contribution in [3.05, 3.63) is 69.3 Å². The van der Waals surface area contributed by atoms with Gasteiger partial charge in [0.25, 0.3) is 0 Å². The fourth-order valence-corrected chi connectivity index (χ4v) is 1.73. The summed E-state index contributed by atoms with van der Waals surface area (Å²) < 4.78 is 0.742. The van der Waals surface area contributed by atoms with Gasteiger partial charge in [0.2, 0.25) is 5.69 Å². The highest BCUT2D eigenvalue weighted by Crippen LogP contribution is 2.22. The van der Waals surface area contributed by atoms with Crippen molar-refractivity contribution in [3.8, 4) is 0 Å². The van der Waals surface area contributed by atoms with Crippen molar-refractivity contribution < 1.29 is 4.74 Å². The van der Waals surface area contributed by atoms with E-state index in [4.69, 9.17) is 23.2 Å². The standard InChI is InChI=1S/C13H9Cl2NO/c14-11-7-5-10(6-8-11)9-16(17)13-4-2-1-3-12(13)15/h1-9H. The predicted octanol–water partition coefficient (Wildman–Crippen LogP) is 4.25. The van der Waals surface area contributed by atoms with Gasteiger partial charge in [-0.05, 0) is 30.3 Å². The lowest BCUT2D eigenvalue weighted by molar-refractivity contribution is -0.354. The molecule has 2 aromatic rings. The van der Waals surface area contributed by atoms with Gasteiger partial charge in [0, 0.05) is 16.7 Å². The normalized spacial score (nSPS) is 11.5. The lowest BCUT2D eigenvalue weighted by atomic mass is 10.2. The van der Waals surface area contributed by atoms with Gasteiger partial charge in [-0.2, -0.15) is 4.74 Å². The minimum Gasteiger partial charge on any atom is -0.618 e. The predicted molar refractivity (Wildman–Crippen MR) is 71.4 cm³/mol. The van der Waals surface area contributed by atoms with E-state index in [1.54, 1.807) is 48.5 Å². The second-order valence-corrected chi connectivity index (χ2v) is 4.30. The highest BCUT2D eigenvalue weighted by Gasteiger charge is 2.06. The van der Waals surface area contributed by atoms with Crippen molar-refractivity contribution in [2.75, 3.05) is 0 Å². The highest BCUT2D eigenvalue weighted by molar-refractivity contribution is 6.32. The summed E-state index contributed by atoms with van der Waals surface area (Å²) in [7, 11) is 0. The topological polar surface area (TPSA) is 26.1 Å². The minimum absolute atomic E-state index is 0.420. The molecule has 0 radical (unpaired) electrons. The van der Waals surface area contributed by atoms with E-state index in [1.165, 1.54) is 6.21 Å². The van der Waals surface area contributed by atoms with Gasteiger partial charge in [0.05, 0.1) is 0 Å². The average molecular weight is 266 g/mol. The van der Waals surface area contributed by atoms with Crippen LogP contribution < -0.4 is 0 Å². The smallest absolute Gasteiger partial charge is 0.235 e. The Balaban J connectivity index is 2.34. The van der Waals surface area contributed by atoms with Crippen LogP contribution in [0.15, 0.2) is 48.5 Å². The Bertz CT molecular complexity index is 550. The molecule has 0 aliphatic rings. The first-order valence-electron chi connectivity index (χ1n) is 4.98. The number of benzene rings is 2. The molecule has 2 aromatic carbocycles. The molecule has 0 aromatic heterocycles. The van der Waals surface area contributed by atoms with Gasteiger partial charge in [-0.25, -0.2) is 0 Å². The van der Waals surface area contributed by atoms with Crippen molar-refractivity contribution in [2.45, 2.75) is 0 Å². The molecule has 2 nitrogen and oxygen atoms in total. The number of nitrogens with zero attached hydrogens (tertiary/aromatic N) is 1. The Labute approximate surface area is 109 Å². The fraction of sp³-hybridized carbons (Fsp3) is 0. The molecule has 0 fully saturated rings. The molecule has 0 amide bonds. The van der Waals surface area contributed by atoms with Gasteiger partial charge in [-0.3, -0.25) is 0 Å². The molecule has 0 unspecified atom stereocenters. The van der Waals surface area contributed by atoms with Crippen LogP contribution in [0, 0.1) is 5.21 Å². The van der Waals surface area contributed by atoms with Crippen LogP contribution in [0.25, 0.3) is 0 Å².